The molecule has 0 aliphatic heterocycles. The lowest BCUT2D eigenvalue weighted by Gasteiger charge is -2.29. The van der Waals surface area contributed by atoms with Crippen LogP contribution in [-0.2, 0) is 11.3 Å². The number of nitrogens with zero attached hydrogens (tertiary/aromatic N) is 2. The fourth-order valence-corrected chi connectivity index (χ4v) is 4.53. The molecule has 2 aromatic carbocycles. The first kappa shape index (κ1) is 27.6. The Hall–Kier alpha value is -2.99. The third-order valence-electron chi connectivity index (χ3n) is 5.70. The summed E-state index contributed by atoms with van der Waals surface area (Å²) in [6.07, 6.45) is -1.95. The van der Waals surface area contributed by atoms with Gasteiger partial charge in [-0.05, 0) is 55.2 Å². The number of anilines is 1. The minimum atomic E-state index is -1.13. The number of fused-ring (bicyclic) bond motifs is 1. The van der Waals surface area contributed by atoms with E-state index < -0.39 is 36.7 Å². The van der Waals surface area contributed by atoms with Crippen LogP contribution in [0.1, 0.15) is 23.1 Å². The number of halogens is 2. The van der Waals surface area contributed by atoms with E-state index in [2.05, 4.69) is 15.6 Å². The number of carbonyl (C=O) groups excluding carboxylic acids is 2. The number of hydrogen-bond donors (Lipinski definition) is 4. The number of nitrogens with one attached hydrogen (secondary N) is 2. The van der Waals surface area contributed by atoms with Gasteiger partial charge in [0.1, 0.15) is 12.4 Å². The van der Waals surface area contributed by atoms with Crippen LogP contribution in [0.5, 0.6) is 0 Å². The van der Waals surface area contributed by atoms with Crippen molar-refractivity contribution in [3.05, 3.63) is 57.9 Å². The second-order valence-corrected chi connectivity index (χ2v) is 9.76. The summed E-state index contributed by atoms with van der Waals surface area (Å²) in [5.74, 6) is -0.599. The van der Waals surface area contributed by atoms with Gasteiger partial charge in [0.25, 0.3) is 0 Å². The number of hydrogen-bond acceptors (Lipinski definition) is 7. The van der Waals surface area contributed by atoms with E-state index in [0.29, 0.717) is 10.7 Å². The molecule has 194 valence electrons. The predicted molar refractivity (Wildman–Crippen MR) is 137 cm³/mol. The molecule has 1 heterocycles. The lowest BCUT2D eigenvalue weighted by molar-refractivity contribution is 0.0480. The Bertz CT molecular complexity index is 1200. The molecule has 0 radical (unpaired) electrons. The largest absolute Gasteiger partial charge is 0.447 e. The van der Waals surface area contributed by atoms with Crippen molar-refractivity contribution in [2.75, 3.05) is 25.6 Å². The van der Waals surface area contributed by atoms with E-state index >= 15 is 0 Å². The van der Waals surface area contributed by atoms with Gasteiger partial charge in [-0.25, -0.2) is 19.0 Å². The second kappa shape index (κ2) is 12.3. The standard InChI is InChI=1S/C24H28ClFN4O5S/c1-13-7-19-20(8-14(13)2)36-22(28-19)29-24(34)35-12-16(9-17(32)11-31)30(3)23(33)27-10-15-5-4-6-18(26)21(15)25/h4-8,16-17,31-32H,9-12H2,1-3H3,(H,27,33)(H,28,29,34)/t16-,17+/m0/s1. The highest BCUT2D eigenvalue weighted by molar-refractivity contribution is 7.22. The summed E-state index contributed by atoms with van der Waals surface area (Å²) in [7, 11) is 1.46. The zero-order valence-electron chi connectivity index (χ0n) is 20.0. The van der Waals surface area contributed by atoms with Crippen LogP contribution in [-0.4, -0.2) is 64.6 Å². The van der Waals surface area contributed by atoms with Crippen LogP contribution in [0.2, 0.25) is 5.02 Å². The Morgan fingerprint density at radius 1 is 1.28 bits per heavy atom. The number of aliphatic hydroxyl groups excluding tert-OH is 2. The molecule has 3 rings (SSSR count). The molecule has 0 bridgehead atoms. The summed E-state index contributed by atoms with van der Waals surface area (Å²) in [4.78, 5) is 30.7. The number of rotatable bonds is 9. The van der Waals surface area contributed by atoms with Crippen molar-refractivity contribution in [3.63, 3.8) is 0 Å². The molecule has 0 aliphatic carbocycles. The van der Waals surface area contributed by atoms with E-state index in [4.69, 9.17) is 16.3 Å². The highest BCUT2D eigenvalue weighted by atomic mass is 35.5. The fourth-order valence-electron chi connectivity index (χ4n) is 3.40. The number of urea groups is 1. The summed E-state index contributed by atoms with van der Waals surface area (Å²) in [6.45, 7) is 3.16. The maximum atomic E-state index is 13.6. The van der Waals surface area contributed by atoms with Crippen molar-refractivity contribution < 1.29 is 28.9 Å². The van der Waals surface area contributed by atoms with Crippen molar-refractivity contribution in [2.24, 2.45) is 0 Å². The lowest BCUT2D eigenvalue weighted by Crippen LogP contribution is -2.47. The number of benzene rings is 2. The van der Waals surface area contributed by atoms with Gasteiger partial charge in [-0.15, -0.1) is 0 Å². The van der Waals surface area contributed by atoms with E-state index in [1.165, 1.54) is 35.4 Å². The average Bonchev–Trinajstić information content (AvgIpc) is 3.22. The smallest absolute Gasteiger partial charge is 0.413 e. The maximum absolute atomic E-state index is 13.6. The molecule has 4 N–H and O–H groups in total. The van der Waals surface area contributed by atoms with Gasteiger partial charge in [-0.1, -0.05) is 35.1 Å². The monoisotopic (exact) mass is 538 g/mol. The molecule has 12 heteroatoms. The molecule has 0 unspecified atom stereocenters. The van der Waals surface area contributed by atoms with Crippen LogP contribution in [0, 0.1) is 19.7 Å². The van der Waals surface area contributed by atoms with Crippen LogP contribution < -0.4 is 10.6 Å². The highest BCUT2D eigenvalue weighted by Crippen LogP contribution is 2.28. The molecule has 0 saturated carbocycles. The molecule has 36 heavy (non-hydrogen) atoms. The van der Waals surface area contributed by atoms with Gasteiger partial charge in [0.2, 0.25) is 0 Å². The molecule has 3 aromatic rings. The molecular formula is C24H28ClFN4O5S. The number of likely N-dealkylation sites (N-methyl/N-ethyl adjacent to an activating group) is 1. The predicted octanol–water partition coefficient (Wildman–Crippen LogP) is 4.21. The molecule has 1 aromatic heterocycles. The zero-order valence-corrected chi connectivity index (χ0v) is 21.6. The Balaban J connectivity index is 1.60. The van der Waals surface area contributed by atoms with Gasteiger partial charge >= 0.3 is 12.1 Å². The van der Waals surface area contributed by atoms with E-state index in [0.717, 1.165) is 21.3 Å². The topological polar surface area (TPSA) is 124 Å². The minimum absolute atomic E-state index is 0.0348. The van der Waals surface area contributed by atoms with Crippen molar-refractivity contribution in [1.82, 2.24) is 15.2 Å². The minimum Gasteiger partial charge on any atom is -0.447 e. The van der Waals surface area contributed by atoms with Gasteiger partial charge in [0.05, 0.1) is 34.0 Å². The summed E-state index contributed by atoms with van der Waals surface area (Å²) < 4.78 is 19.9. The Morgan fingerprint density at radius 3 is 2.72 bits per heavy atom. The summed E-state index contributed by atoms with van der Waals surface area (Å²) in [5, 5.41) is 24.7. The summed E-state index contributed by atoms with van der Waals surface area (Å²) >= 11 is 7.24. The van der Waals surface area contributed by atoms with Crippen LogP contribution in [0.15, 0.2) is 30.3 Å². The maximum Gasteiger partial charge on any atom is 0.413 e. The van der Waals surface area contributed by atoms with Crippen LogP contribution in [0.3, 0.4) is 0 Å². The van der Waals surface area contributed by atoms with Gasteiger partial charge < -0.3 is 25.2 Å². The number of carbonyl (C=O) groups is 2. The normalized spacial score (nSPS) is 12.8. The van der Waals surface area contributed by atoms with Crippen molar-refractivity contribution in [2.45, 2.75) is 39.0 Å². The van der Waals surface area contributed by atoms with Crippen molar-refractivity contribution in [1.29, 1.82) is 0 Å². The molecular weight excluding hydrogens is 511 g/mol. The van der Waals surface area contributed by atoms with E-state index in [9.17, 15) is 24.2 Å². The third-order valence-corrected chi connectivity index (χ3v) is 7.06. The van der Waals surface area contributed by atoms with E-state index in [-0.39, 0.29) is 24.6 Å². The van der Waals surface area contributed by atoms with Crippen LogP contribution >= 0.6 is 22.9 Å². The average molecular weight is 539 g/mol. The Morgan fingerprint density at radius 2 is 2.00 bits per heavy atom. The number of thiazole rings is 1. The van der Waals surface area contributed by atoms with Gasteiger partial charge in [-0.3, -0.25) is 5.32 Å². The fraction of sp³-hybridized carbons (Fsp3) is 0.375. The summed E-state index contributed by atoms with van der Waals surface area (Å²) in [6, 6.07) is 6.88. The summed E-state index contributed by atoms with van der Waals surface area (Å²) in [5.41, 5.74) is 3.36. The van der Waals surface area contributed by atoms with Gasteiger partial charge in [-0.2, -0.15) is 0 Å². The number of aromatic nitrogens is 1. The van der Waals surface area contributed by atoms with Gasteiger partial charge in [0.15, 0.2) is 5.13 Å². The lowest BCUT2D eigenvalue weighted by atomic mass is 10.1. The SMILES string of the molecule is Cc1cc2nc(NC(=O)OC[C@H](C[C@@H](O)CO)N(C)C(=O)NCc3cccc(F)c3Cl)sc2cc1C. The molecule has 0 fully saturated rings. The number of aryl methyl sites for hydroxylation is 2. The van der Waals surface area contributed by atoms with Crippen LogP contribution in [0.4, 0.5) is 19.1 Å². The van der Waals surface area contributed by atoms with Crippen molar-refractivity contribution in [3.8, 4) is 0 Å². The third kappa shape index (κ3) is 7.03. The first-order chi connectivity index (χ1) is 17.1. The molecule has 3 amide bonds. The van der Waals surface area contributed by atoms with Gasteiger partial charge in [0, 0.05) is 13.6 Å². The molecule has 0 spiro atoms. The van der Waals surface area contributed by atoms with Crippen molar-refractivity contribution >= 4 is 50.4 Å². The Labute approximate surface area is 216 Å². The molecule has 0 saturated heterocycles. The number of aliphatic hydroxyl groups is 2. The highest BCUT2D eigenvalue weighted by Gasteiger charge is 2.25. The van der Waals surface area contributed by atoms with E-state index in [1.54, 1.807) is 6.07 Å². The first-order valence-corrected chi connectivity index (χ1v) is 12.3. The zero-order chi connectivity index (χ0) is 26.4. The molecule has 2 atom stereocenters. The Kier molecular flexibility index (Phi) is 9.43. The van der Waals surface area contributed by atoms with Crippen LogP contribution in [0.25, 0.3) is 10.2 Å². The second-order valence-electron chi connectivity index (χ2n) is 8.36. The number of amides is 3. The first-order valence-electron chi connectivity index (χ1n) is 11.1. The number of ether oxygens (including phenoxy) is 1. The van der Waals surface area contributed by atoms with E-state index in [1.807, 2.05) is 26.0 Å². The molecule has 0 aliphatic rings. The molecule has 9 nitrogen and oxygen atoms in total. The quantitative estimate of drug-likeness (QED) is 0.323.